The lowest BCUT2D eigenvalue weighted by Crippen LogP contribution is -2.35. The highest BCUT2D eigenvalue weighted by Crippen LogP contribution is 2.40. The highest BCUT2D eigenvalue weighted by Gasteiger charge is 2.36. The smallest absolute Gasteiger partial charge is 0.119 e. The molecule has 1 aliphatic rings. The standard InChI is InChI=1S/C18H21NO/c1-2-13-20-16-9-7-15(8-10-16)18(19)12-11-14-5-3-4-6-17(14)18/h3-10H,2,11-13,19H2,1H3. The van der Waals surface area contributed by atoms with Gasteiger partial charge >= 0.3 is 0 Å². The van der Waals surface area contributed by atoms with E-state index in [1.165, 1.54) is 16.7 Å². The molecule has 0 aliphatic heterocycles. The molecule has 104 valence electrons. The Morgan fingerprint density at radius 2 is 1.85 bits per heavy atom. The maximum Gasteiger partial charge on any atom is 0.119 e. The van der Waals surface area contributed by atoms with Crippen LogP contribution in [0.25, 0.3) is 0 Å². The van der Waals surface area contributed by atoms with Crippen molar-refractivity contribution in [3.05, 3.63) is 65.2 Å². The number of nitrogens with two attached hydrogens (primary N) is 1. The van der Waals surface area contributed by atoms with Crippen molar-refractivity contribution in [3.8, 4) is 5.75 Å². The first-order valence-electron chi connectivity index (χ1n) is 7.34. The van der Waals surface area contributed by atoms with Crippen molar-refractivity contribution in [1.82, 2.24) is 0 Å². The lowest BCUT2D eigenvalue weighted by Gasteiger charge is -2.26. The molecular weight excluding hydrogens is 246 g/mol. The summed E-state index contributed by atoms with van der Waals surface area (Å²) in [4.78, 5) is 0. The lowest BCUT2D eigenvalue weighted by molar-refractivity contribution is 0.317. The predicted molar refractivity (Wildman–Crippen MR) is 82.0 cm³/mol. The van der Waals surface area contributed by atoms with Crippen LogP contribution in [0.2, 0.25) is 0 Å². The Morgan fingerprint density at radius 3 is 2.60 bits per heavy atom. The van der Waals surface area contributed by atoms with E-state index in [1.54, 1.807) is 0 Å². The molecule has 1 unspecified atom stereocenters. The molecule has 0 heterocycles. The van der Waals surface area contributed by atoms with Crippen molar-refractivity contribution in [2.24, 2.45) is 5.73 Å². The average molecular weight is 267 g/mol. The van der Waals surface area contributed by atoms with Gasteiger partial charge in [0.25, 0.3) is 0 Å². The minimum absolute atomic E-state index is 0.347. The first-order chi connectivity index (χ1) is 9.74. The van der Waals surface area contributed by atoms with E-state index in [0.29, 0.717) is 0 Å². The molecule has 0 bridgehead atoms. The largest absolute Gasteiger partial charge is 0.494 e. The number of benzene rings is 2. The van der Waals surface area contributed by atoms with Crippen molar-refractivity contribution in [1.29, 1.82) is 0 Å². The molecule has 1 aliphatic carbocycles. The molecule has 20 heavy (non-hydrogen) atoms. The van der Waals surface area contributed by atoms with E-state index < -0.39 is 0 Å². The van der Waals surface area contributed by atoms with Gasteiger partial charge in [-0.3, -0.25) is 0 Å². The van der Waals surface area contributed by atoms with E-state index in [2.05, 4.69) is 43.3 Å². The lowest BCUT2D eigenvalue weighted by atomic mass is 9.85. The van der Waals surface area contributed by atoms with E-state index in [1.807, 2.05) is 12.1 Å². The predicted octanol–water partition coefficient (Wildman–Crippen LogP) is 3.62. The summed E-state index contributed by atoms with van der Waals surface area (Å²) in [5.41, 5.74) is 10.2. The molecular formula is C18H21NO. The van der Waals surface area contributed by atoms with Gasteiger partial charge in [-0.25, -0.2) is 0 Å². The fourth-order valence-electron chi connectivity index (χ4n) is 3.01. The van der Waals surface area contributed by atoms with E-state index in [0.717, 1.165) is 31.6 Å². The number of aryl methyl sites for hydroxylation is 1. The maximum absolute atomic E-state index is 6.70. The summed E-state index contributed by atoms with van der Waals surface area (Å²) in [6.45, 7) is 2.87. The van der Waals surface area contributed by atoms with Crippen LogP contribution in [0.15, 0.2) is 48.5 Å². The number of hydrogen-bond acceptors (Lipinski definition) is 2. The Hall–Kier alpha value is -1.80. The van der Waals surface area contributed by atoms with Crippen LogP contribution in [-0.2, 0) is 12.0 Å². The number of fused-ring (bicyclic) bond motifs is 1. The van der Waals surface area contributed by atoms with Crippen molar-refractivity contribution >= 4 is 0 Å². The van der Waals surface area contributed by atoms with Crippen LogP contribution < -0.4 is 10.5 Å². The van der Waals surface area contributed by atoms with E-state index in [9.17, 15) is 0 Å². The van der Waals surface area contributed by atoms with Crippen molar-refractivity contribution < 1.29 is 4.74 Å². The SMILES string of the molecule is CCCOc1ccc(C2(N)CCc3ccccc32)cc1. The summed E-state index contributed by atoms with van der Waals surface area (Å²) in [7, 11) is 0. The van der Waals surface area contributed by atoms with Gasteiger partial charge in [0.15, 0.2) is 0 Å². The second-order valence-corrected chi connectivity index (χ2v) is 5.50. The van der Waals surface area contributed by atoms with Gasteiger partial charge in [-0.15, -0.1) is 0 Å². The van der Waals surface area contributed by atoms with Crippen LogP contribution in [0.5, 0.6) is 5.75 Å². The summed E-state index contributed by atoms with van der Waals surface area (Å²) >= 11 is 0. The number of hydrogen-bond donors (Lipinski definition) is 1. The summed E-state index contributed by atoms with van der Waals surface area (Å²) in [5, 5.41) is 0. The van der Waals surface area contributed by atoms with Crippen LogP contribution >= 0.6 is 0 Å². The van der Waals surface area contributed by atoms with E-state index in [-0.39, 0.29) is 5.54 Å². The maximum atomic E-state index is 6.70. The molecule has 0 spiro atoms. The highest BCUT2D eigenvalue weighted by atomic mass is 16.5. The zero-order valence-corrected chi connectivity index (χ0v) is 11.9. The van der Waals surface area contributed by atoms with Gasteiger partial charge in [-0.05, 0) is 48.1 Å². The average Bonchev–Trinajstić information content (AvgIpc) is 2.85. The van der Waals surface area contributed by atoms with Crippen molar-refractivity contribution in [3.63, 3.8) is 0 Å². The molecule has 0 aromatic heterocycles. The van der Waals surface area contributed by atoms with Gasteiger partial charge in [-0.2, -0.15) is 0 Å². The Bertz CT molecular complexity index is 591. The molecule has 2 N–H and O–H groups in total. The third-order valence-corrected chi connectivity index (χ3v) is 4.13. The van der Waals surface area contributed by atoms with Gasteiger partial charge in [0.2, 0.25) is 0 Å². The van der Waals surface area contributed by atoms with Crippen molar-refractivity contribution in [2.75, 3.05) is 6.61 Å². The molecule has 0 amide bonds. The second kappa shape index (κ2) is 5.29. The summed E-state index contributed by atoms with van der Waals surface area (Å²) in [6, 6.07) is 16.8. The number of ether oxygens (including phenoxy) is 1. The van der Waals surface area contributed by atoms with Crippen LogP contribution in [0.4, 0.5) is 0 Å². The minimum atomic E-state index is -0.347. The fraction of sp³-hybridized carbons (Fsp3) is 0.333. The monoisotopic (exact) mass is 267 g/mol. The van der Waals surface area contributed by atoms with Gasteiger partial charge in [0, 0.05) is 0 Å². The van der Waals surface area contributed by atoms with E-state index >= 15 is 0 Å². The van der Waals surface area contributed by atoms with Crippen LogP contribution in [0.1, 0.15) is 36.5 Å². The molecule has 1 atom stereocenters. The van der Waals surface area contributed by atoms with Crippen molar-refractivity contribution in [2.45, 2.75) is 31.7 Å². The quantitative estimate of drug-likeness (QED) is 0.918. The Kier molecular flexibility index (Phi) is 3.49. The first-order valence-corrected chi connectivity index (χ1v) is 7.34. The molecule has 0 saturated carbocycles. The third-order valence-electron chi connectivity index (χ3n) is 4.13. The normalized spacial score (nSPS) is 20.7. The number of rotatable bonds is 4. The Morgan fingerprint density at radius 1 is 1.10 bits per heavy atom. The molecule has 0 fully saturated rings. The second-order valence-electron chi connectivity index (χ2n) is 5.50. The van der Waals surface area contributed by atoms with Gasteiger partial charge in [0.05, 0.1) is 12.1 Å². The molecule has 2 heteroatoms. The van der Waals surface area contributed by atoms with Crippen LogP contribution in [-0.4, -0.2) is 6.61 Å². The van der Waals surface area contributed by atoms with Gasteiger partial charge < -0.3 is 10.5 Å². The molecule has 3 rings (SSSR count). The Labute approximate surface area is 120 Å². The summed E-state index contributed by atoms with van der Waals surface area (Å²) in [5.74, 6) is 0.922. The molecule has 2 aromatic carbocycles. The zero-order valence-electron chi connectivity index (χ0n) is 11.9. The highest BCUT2D eigenvalue weighted by molar-refractivity contribution is 5.47. The first kappa shape index (κ1) is 13.2. The summed E-state index contributed by atoms with van der Waals surface area (Å²) in [6.07, 6.45) is 3.05. The molecule has 0 saturated heterocycles. The van der Waals surface area contributed by atoms with Gasteiger partial charge in [0.1, 0.15) is 5.75 Å². The molecule has 2 aromatic rings. The molecule has 2 nitrogen and oxygen atoms in total. The minimum Gasteiger partial charge on any atom is -0.494 e. The fourth-order valence-corrected chi connectivity index (χ4v) is 3.01. The molecule has 0 radical (unpaired) electrons. The van der Waals surface area contributed by atoms with Gasteiger partial charge in [-0.1, -0.05) is 43.3 Å². The van der Waals surface area contributed by atoms with E-state index in [4.69, 9.17) is 10.5 Å². The summed E-state index contributed by atoms with van der Waals surface area (Å²) < 4.78 is 5.63. The Balaban J connectivity index is 1.89. The third kappa shape index (κ3) is 2.20. The van der Waals surface area contributed by atoms with Crippen LogP contribution in [0, 0.1) is 0 Å². The topological polar surface area (TPSA) is 35.2 Å². The zero-order chi connectivity index (χ0) is 14.0. The van der Waals surface area contributed by atoms with Crippen LogP contribution in [0.3, 0.4) is 0 Å².